The normalized spacial score (nSPS) is 17.9. The molecular weight excluding hydrogens is 346 g/mol. The van der Waals surface area contributed by atoms with E-state index in [1.54, 1.807) is 31.4 Å². The minimum absolute atomic E-state index is 0.0675. The van der Waals surface area contributed by atoms with Crippen LogP contribution in [0.2, 0.25) is 0 Å². The zero-order chi connectivity index (χ0) is 18.3. The first-order valence-electron chi connectivity index (χ1n) is 8.87. The van der Waals surface area contributed by atoms with Crippen LogP contribution in [0.5, 0.6) is 0 Å². The van der Waals surface area contributed by atoms with Crippen molar-refractivity contribution in [3.8, 4) is 0 Å². The average molecular weight is 369 g/mol. The molecule has 1 aliphatic rings. The molecule has 136 valence electrons. The summed E-state index contributed by atoms with van der Waals surface area (Å²) in [5, 5.41) is 6.66. The third-order valence-electron chi connectivity index (χ3n) is 5.09. The molecule has 7 heteroatoms. The highest BCUT2D eigenvalue weighted by Crippen LogP contribution is 2.34. The smallest absolute Gasteiger partial charge is 0.258 e. The Labute approximate surface area is 157 Å². The molecule has 0 saturated carbocycles. The van der Waals surface area contributed by atoms with E-state index in [0.29, 0.717) is 17.3 Å². The molecule has 1 aliphatic heterocycles. The Kier molecular flexibility index (Phi) is 4.50. The average Bonchev–Trinajstić information content (AvgIpc) is 3.35. The summed E-state index contributed by atoms with van der Waals surface area (Å²) < 4.78 is 1.85. The lowest BCUT2D eigenvalue weighted by atomic mass is 10.1. The van der Waals surface area contributed by atoms with Gasteiger partial charge >= 0.3 is 0 Å². The lowest BCUT2D eigenvalue weighted by Gasteiger charge is -2.24. The molecule has 1 fully saturated rings. The van der Waals surface area contributed by atoms with Crippen LogP contribution in [0.15, 0.2) is 29.9 Å². The fourth-order valence-electron chi connectivity index (χ4n) is 3.65. The van der Waals surface area contributed by atoms with E-state index in [9.17, 15) is 4.79 Å². The molecule has 0 aromatic carbocycles. The number of rotatable bonds is 4. The molecule has 0 radical (unpaired) electrons. The van der Waals surface area contributed by atoms with Crippen molar-refractivity contribution >= 4 is 22.9 Å². The molecule has 1 amide bonds. The molecule has 1 unspecified atom stereocenters. The second-order valence-corrected chi connectivity index (χ2v) is 8.02. The summed E-state index contributed by atoms with van der Waals surface area (Å²) in [6, 6.07) is 4.51. The van der Waals surface area contributed by atoms with Gasteiger partial charge in [0, 0.05) is 31.7 Å². The molecule has 4 rings (SSSR count). The number of carbonyl (C=O) groups excluding carboxylic acids is 1. The van der Waals surface area contributed by atoms with Crippen LogP contribution in [0.25, 0.3) is 5.65 Å². The maximum Gasteiger partial charge on any atom is 0.258 e. The van der Waals surface area contributed by atoms with Gasteiger partial charge in [-0.15, -0.1) is 11.3 Å². The van der Waals surface area contributed by atoms with Crippen molar-refractivity contribution in [1.29, 1.82) is 0 Å². The number of likely N-dealkylation sites (tertiary alicyclic amines) is 1. The van der Waals surface area contributed by atoms with Crippen LogP contribution in [0, 0.1) is 6.92 Å². The summed E-state index contributed by atoms with van der Waals surface area (Å²) in [4.78, 5) is 22.3. The van der Waals surface area contributed by atoms with E-state index in [2.05, 4.69) is 33.4 Å². The number of carbonyl (C=O) groups is 1. The van der Waals surface area contributed by atoms with Gasteiger partial charge in [0.05, 0.1) is 17.9 Å². The van der Waals surface area contributed by atoms with E-state index in [4.69, 9.17) is 0 Å². The van der Waals surface area contributed by atoms with Crippen molar-refractivity contribution in [1.82, 2.24) is 24.4 Å². The molecule has 1 atom stereocenters. The number of hydrogen-bond donors (Lipinski definition) is 0. The minimum atomic E-state index is -0.0675. The lowest BCUT2D eigenvalue weighted by molar-refractivity contribution is 0.0829. The zero-order valence-electron chi connectivity index (χ0n) is 15.3. The highest BCUT2D eigenvalue weighted by Gasteiger charge is 2.29. The predicted molar refractivity (Wildman–Crippen MR) is 102 cm³/mol. The topological polar surface area (TPSA) is 53.7 Å². The van der Waals surface area contributed by atoms with Crippen molar-refractivity contribution in [2.24, 2.45) is 0 Å². The third kappa shape index (κ3) is 2.91. The zero-order valence-corrected chi connectivity index (χ0v) is 16.2. The van der Waals surface area contributed by atoms with Crippen LogP contribution < -0.4 is 0 Å². The largest absolute Gasteiger partial charge is 0.345 e. The third-order valence-corrected chi connectivity index (χ3v) is 6.09. The summed E-state index contributed by atoms with van der Waals surface area (Å²) in [5.41, 5.74) is 3.66. The second-order valence-electron chi connectivity index (χ2n) is 7.02. The van der Waals surface area contributed by atoms with E-state index in [1.807, 2.05) is 21.9 Å². The van der Waals surface area contributed by atoms with E-state index < -0.39 is 0 Å². The van der Waals surface area contributed by atoms with E-state index >= 15 is 0 Å². The maximum absolute atomic E-state index is 12.4. The van der Waals surface area contributed by atoms with Gasteiger partial charge in [0.1, 0.15) is 5.56 Å². The van der Waals surface area contributed by atoms with Crippen LogP contribution in [0.3, 0.4) is 0 Å². The summed E-state index contributed by atoms with van der Waals surface area (Å²) in [7, 11) is 3.50. The van der Waals surface area contributed by atoms with Gasteiger partial charge in [-0.05, 0) is 49.4 Å². The van der Waals surface area contributed by atoms with Gasteiger partial charge in [-0.2, -0.15) is 5.10 Å². The summed E-state index contributed by atoms with van der Waals surface area (Å²) in [5.74, 6) is -0.0675. The highest BCUT2D eigenvalue weighted by atomic mass is 32.1. The van der Waals surface area contributed by atoms with Crippen molar-refractivity contribution in [3.05, 3.63) is 51.6 Å². The van der Waals surface area contributed by atoms with Gasteiger partial charge in [0.25, 0.3) is 5.91 Å². The van der Waals surface area contributed by atoms with Crippen LogP contribution in [0.1, 0.15) is 45.4 Å². The lowest BCUT2D eigenvalue weighted by Crippen LogP contribution is -2.25. The number of hydrogen-bond acceptors (Lipinski definition) is 5. The first kappa shape index (κ1) is 17.2. The number of thiophene rings is 1. The number of aryl methyl sites for hydroxylation is 1. The molecule has 6 nitrogen and oxygen atoms in total. The van der Waals surface area contributed by atoms with Gasteiger partial charge < -0.3 is 4.90 Å². The number of aromatic nitrogens is 3. The predicted octanol–water partition coefficient (Wildman–Crippen LogP) is 3.14. The van der Waals surface area contributed by atoms with Crippen LogP contribution in [-0.4, -0.2) is 50.9 Å². The van der Waals surface area contributed by atoms with Gasteiger partial charge in [-0.3, -0.25) is 9.69 Å². The summed E-state index contributed by atoms with van der Waals surface area (Å²) in [6.45, 7) is 4.22. The van der Waals surface area contributed by atoms with Gasteiger partial charge in [0.2, 0.25) is 0 Å². The fourth-order valence-corrected chi connectivity index (χ4v) is 4.59. The molecule has 0 aliphatic carbocycles. The highest BCUT2D eigenvalue weighted by molar-refractivity contribution is 7.10. The Morgan fingerprint density at radius 1 is 1.38 bits per heavy atom. The van der Waals surface area contributed by atoms with Crippen molar-refractivity contribution in [3.63, 3.8) is 0 Å². The number of nitrogens with zero attached hydrogens (tertiary/aromatic N) is 5. The Hall–Kier alpha value is -2.25. The van der Waals surface area contributed by atoms with Gasteiger partial charge in [-0.25, -0.2) is 9.50 Å². The SMILES string of the molecule is Cc1ccsc1CN1CCCC1c1ccnc2c(C(=O)N(C)C)cnn12. The quantitative estimate of drug-likeness (QED) is 0.709. The van der Waals surface area contributed by atoms with Gasteiger partial charge in [0.15, 0.2) is 5.65 Å². The molecule has 26 heavy (non-hydrogen) atoms. The molecule has 3 aromatic heterocycles. The Bertz CT molecular complexity index is 944. The van der Waals surface area contributed by atoms with E-state index in [0.717, 1.165) is 25.2 Å². The maximum atomic E-state index is 12.4. The summed E-state index contributed by atoms with van der Waals surface area (Å²) in [6.07, 6.45) is 5.70. The monoisotopic (exact) mass is 369 g/mol. The van der Waals surface area contributed by atoms with Crippen molar-refractivity contribution in [2.75, 3.05) is 20.6 Å². The Morgan fingerprint density at radius 3 is 2.96 bits per heavy atom. The molecule has 0 spiro atoms. The Balaban J connectivity index is 1.69. The molecular formula is C19H23N5OS. The fraction of sp³-hybridized carbons (Fsp3) is 0.421. The van der Waals surface area contributed by atoms with E-state index in [1.165, 1.54) is 16.9 Å². The molecule has 0 N–H and O–H groups in total. The molecule has 1 saturated heterocycles. The molecule has 4 heterocycles. The van der Waals surface area contributed by atoms with Crippen LogP contribution in [0.4, 0.5) is 0 Å². The number of fused-ring (bicyclic) bond motifs is 1. The van der Waals surface area contributed by atoms with Crippen LogP contribution in [-0.2, 0) is 6.54 Å². The standard InChI is InChI=1S/C19H23N5OS/c1-13-7-10-26-17(13)12-23-9-4-5-15(23)16-6-8-20-18-14(11-21-24(16)18)19(25)22(2)3/h6-8,10-11,15H,4-5,9,12H2,1-3H3. The summed E-state index contributed by atoms with van der Waals surface area (Å²) >= 11 is 1.82. The van der Waals surface area contributed by atoms with Crippen molar-refractivity contribution < 1.29 is 4.79 Å². The van der Waals surface area contributed by atoms with Gasteiger partial charge in [-0.1, -0.05) is 0 Å². The minimum Gasteiger partial charge on any atom is -0.345 e. The Morgan fingerprint density at radius 2 is 2.23 bits per heavy atom. The molecule has 3 aromatic rings. The number of amides is 1. The van der Waals surface area contributed by atoms with Crippen molar-refractivity contribution in [2.45, 2.75) is 32.4 Å². The first-order valence-corrected chi connectivity index (χ1v) is 9.75. The second kappa shape index (κ2) is 6.81. The first-order chi connectivity index (χ1) is 12.6. The molecule has 0 bridgehead atoms. The van der Waals surface area contributed by atoms with E-state index in [-0.39, 0.29) is 5.91 Å². The van der Waals surface area contributed by atoms with Crippen LogP contribution >= 0.6 is 11.3 Å².